The predicted octanol–water partition coefficient (Wildman–Crippen LogP) is 0.706. The summed E-state index contributed by atoms with van der Waals surface area (Å²) in [6.07, 6.45) is 0. The van der Waals surface area contributed by atoms with Crippen molar-refractivity contribution in [1.82, 2.24) is 5.32 Å². The molecule has 0 aliphatic heterocycles. The average molecular weight is 219 g/mol. The lowest BCUT2D eigenvalue weighted by atomic mass is 10.1. The van der Waals surface area contributed by atoms with Crippen LogP contribution >= 0.6 is 0 Å². The Balaban J connectivity index is 2.98. The van der Waals surface area contributed by atoms with Gasteiger partial charge in [-0.1, -0.05) is 6.07 Å². The molecule has 0 bridgehead atoms. The molecule has 4 nitrogen and oxygen atoms in total. The van der Waals surface area contributed by atoms with Crippen LogP contribution in [0, 0.1) is 11.3 Å². The minimum Gasteiger partial charge on any atom is -0.395 e. The zero-order valence-electron chi connectivity index (χ0n) is 9.70. The van der Waals surface area contributed by atoms with Gasteiger partial charge in [0, 0.05) is 20.1 Å². The van der Waals surface area contributed by atoms with Gasteiger partial charge in [-0.25, -0.2) is 0 Å². The first-order valence-electron chi connectivity index (χ1n) is 5.22. The van der Waals surface area contributed by atoms with E-state index >= 15 is 0 Å². The molecule has 0 radical (unpaired) electrons. The molecule has 0 aliphatic rings. The smallest absolute Gasteiger partial charge is 0.101 e. The zero-order valence-corrected chi connectivity index (χ0v) is 9.70. The van der Waals surface area contributed by atoms with Crippen molar-refractivity contribution >= 4 is 5.69 Å². The second-order valence-electron chi connectivity index (χ2n) is 3.64. The Morgan fingerprint density at radius 1 is 1.50 bits per heavy atom. The van der Waals surface area contributed by atoms with E-state index in [4.69, 9.17) is 10.4 Å². The molecule has 0 spiro atoms. The molecular formula is C12H17N3O. The fourth-order valence-electron chi connectivity index (χ4n) is 1.59. The number of nitrogens with one attached hydrogen (secondary N) is 1. The molecule has 0 fully saturated rings. The quantitative estimate of drug-likeness (QED) is 0.765. The van der Waals surface area contributed by atoms with Crippen LogP contribution in [-0.2, 0) is 6.54 Å². The molecule has 1 aromatic carbocycles. The summed E-state index contributed by atoms with van der Waals surface area (Å²) in [5, 5.41) is 21.0. The Bertz CT molecular complexity index is 384. The zero-order chi connectivity index (χ0) is 12.0. The molecule has 0 aromatic heterocycles. The van der Waals surface area contributed by atoms with Gasteiger partial charge >= 0.3 is 0 Å². The van der Waals surface area contributed by atoms with Crippen LogP contribution < -0.4 is 10.2 Å². The number of aliphatic hydroxyl groups is 1. The molecule has 16 heavy (non-hydrogen) atoms. The van der Waals surface area contributed by atoms with Gasteiger partial charge in [0.2, 0.25) is 0 Å². The van der Waals surface area contributed by atoms with Gasteiger partial charge in [-0.3, -0.25) is 0 Å². The summed E-state index contributed by atoms with van der Waals surface area (Å²) in [6, 6.07) is 7.96. The second kappa shape index (κ2) is 6.11. The fourth-order valence-corrected chi connectivity index (χ4v) is 1.59. The van der Waals surface area contributed by atoms with E-state index in [0.717, 1.165) is 17.8 Å². The Morgan fingerprint density at radius 2 is 2.25 bits per heavy atom. The van der Waals surface area contributed by atoms with Crippen LogP contribution in [0.15, 0.2) is 18.2 Å². The molecule has 1 rings (SSSR count). The van der Waals surface area contributed by atoms with Crippen molar-refractivity contribution in [2.75, 3.05) is 32.1 Å². The number of anilines is 1. The van der Waals surface area contributed by atoms with Crippen LogP contribution in [0.4, 0.5) is 5.69 Å². The third-order valence-electron chi connectivity index (χ3n) is 2.41. The van der Waals surface area contributed by atoms with E-state index in [1.165, 1.54) is 0 Å². The van der Waals surface area contributed by atoms with Gasteiger partial charge in [-0.2, -0.15) is 5.26 Å². The molecule has 86 valence electrons. The summed E-state index contributed by atoms with van der Waals surface area (Å²) in [4.78, 5) is 1.88. The van der Waals surface area contributed by atoms with Crippen LogP contribution in [0.3, 0.4) is 0 Å². The molecule has 0 heterocycles. The fraction of sp³-hybridized carbons (Fsp3) is 0.417. The maximum Gasteiger partial charge on any atom is 0.101 e. The molecule has 0 amide bonds. The normalized spacial score (nSPS) is 9.88. The highest BCUT2D eigenvalue weighted by molar-refractivity contribution is 5.60. The lowest BCUT2D eigenvalue weighted by Gasteiger charge is -2.19. The van der Waals surface area contributed by atoms with Gasteiger partial charge in [0.25, 0.3) is 0 Å². The van der Waals surface area contributed by atoms with Gasteiger partial charge in [0.15, 0.2) is 0 Å². The topological polar surface area (TPSA) is 59.3 Å². The Morgan fingerprint density at radius 3 is 2.81 bits per heavy atom. The Kier molecular flexibility index (Phi) is 4.77. The lowest BCUT2D eigenvalue weighted by molar-refractivity contribution is 0.304. The van der Waals surface area contributed by atoms with Gasteiger partial charge in [-0.15, -0.1) is 0 Å². The molecule has 0 atom stereocenters. The van der Waals surface area contributed by atoms with Gasteiger partial charge in [0.1, 0.15) is 6.07 Å². The molecule has 0 aliphatic carbocycles. The predicted molar refractivity (Wildman–Crippen MR) is 64.3 cm³/mol. The minimum atomic E-state index is 0.0830. The SMILES string of the molecule is CNCc1ccc(N(C)CCO)c(C#N)c1. The molecule has 0 saturated carbocycles. The summed E-state index contributed by atoms with van der Waals surface area (Å²) in [5.41, 5.74) is 2.58. The van der Waals surface area contributed by atoms with Gasteiger partial charge in [-0.05, 0) is 24.7 Å². The van der Waals surface area contributed by atoms with Crippen molar-refractivity contribution in [2.45, 2.75) is 6.54 Å². The number of benzene rings is 1. The Hall–Kier alpha value is -1.57. The summed E-state index contributed by atoms with van der Waals surface area (Å²) in [7, 11) is 3.74. The maximum atomic E-state index is 9.07. The molecule has 4 heteroatoms. The van der Waals surface area contributed by atoms with Crippen molar-refractivity contribution in [2.24, 2.45) is 0 Å². The average Bonchev–Trinajstić information content (AvgIpc) is 2.29. The highest BCUT2D eigenvalue weighted by atomic mass is 16.3. The summed E-state index contributed by atoms with van der Waals surface area (Å²) in [5.74, 6) is 0. The van der Waals surface area contributed by atoms with E-state index in [2.05, 4.69) is 11.4 Å². The van der Waals surface area contributed by atoms with Crippen molar-refractivity contribution in [1.29, 1.82) is 5.26 Å². The number of hydrogen-bond acceptors (Lipinski definition) is 4. The first-order chi connectivity index (χ1) is 7.72. The van der Waals surface area contributed by atoms with Crippen LogP contribution in [0.25, 0.3) is 0 Å². The highest BCUT2D eigenvalue weighted by Gasteiger charge is 2.07. The largest absolute Gasteiger partial charge is 0.395 e. The van der Waals surface area contributed by atoms with Crippen LogP contribution in [0.5, 0.6) is 0 Å². The highest BCUT2D eigenvalue weighted by Crippen LogP contribution is 2.20. The second-order valence-corrected chi connectivity index (χ2v) is 3.64. The summed E-state index contributed by atoms with van der Waals surface area (Å²) < 4.78 is 0. The lowest BCUT2D eigenvalue weighted by Crippen LogP contribution is -2.22. The number of rotatable bonds is 5. The van der Waals surface area contributed by atoms with Crippen LogP contribution in [0.1, 0.15) is 11.1 Å². The molecule has 0 saturated heterocycles. The van der Waals surface area contributed by atoms with Gasteiger partial charge in [0.05, 0.1) is 17.9 Å². The monoisotopic (exact) mass is 219 g/mol. The molecule has 2 N–H and O–H groups in total. The number of aliphatic hydroxyl groups excluding tert-OH is 1. The number of hydrogen-bond donors (Lipinski definition) is 2. The minimum absolute atomic E-state index is 0.0830. The van der Waals surface area contributed by atoms with Gasteiger partial charge < -0.3 is 15.3 Å². The van der Waals surface area contributed by atoms with E-state index < -0.39 is 0 Å². The first kappa shape index (κ1) is 12.5. The van der Waals surface area contributed by atoms with E-state index in [0.29, 0.717) is 12.1 Å². The van der Waals surface area contributed by atoms with E-state index in [9.17, 15) is 0 Å². The standard InChI is InChI=1S/C12H17N3O/c1-14-9-10-3-4-12(11(7-10)8-13)15(2)5-6-16/h3-4,7,14,16H,5-6,9H2,1-2H3. The van der Waals surface area contributed by atoms with E-state index in [1.54, 1.807) is 0 Å². The van der Waals surface area contributed by atoms with Crippen molar-refractivity contribution in [3.05, 3.63) is 29.3 Å². The maximum absolute atomic E-state index is 9.07. The number of nitrogens with zero attached hydrogens (tertiary/aromatic N) is 2. The van der Waals surface area contributed by atoms with Crippen molar-refractivity contribution in [3.63, 3.8) is 0 Å². The van der Waals surface area contributed by atoms with E-state index in [1.807, 2.05) is 37.2 Å². The van der Waals surface area contributed by atoms with Crippen LogP contribution in [0.2, 0.25) is 0 Å². The molecule has 1 aromatic rings. The van der Waals surface area contributed by atoms with Crippen molar-refractivity contribution < 1.29 is 5.11 Å². The Labute approximate surface area is 96.1 Å². The first-order valence-corrected chi connectivity index (χ1v) is 5.22. The van der Waals surface area contributed by atoms with Crippen LogP contribution in [-0.4, -0.2) is 32.4 Å². The van der Waals surface area contributed by atoms with Crippen molar-refractivity contribution in [3.8, 4) is 6.07 Å². The number of likely N-dealkylation sites (N-methyl/N-ethyl adjacent to an activating group) is 1. The molecule has 0 unspecified atom stereocenters. The third kappa shape index (κ3) is 2.96. The summed E-state index contributed by atoms with van der Waals surface area (Å²) >= 11 is 0. The molecular weight excluding hydrogens is 202 g/mol. The summed E-state index contributed by atoms with van der Waals surface area (Å²) in [6.45, 7) is 1.36. The number of nitriles is 1. The third-order valence-corrected chi connectivity index (χ3v) is 2.41. The van der Waals surface area contributed by atoms with E-state index in [-0.39, 0.29) is 6.61 Å².